The molecule has 0 unspecified atom stereocenters. The summed E-state index contributed by atoms with van der Waals surface area (Å²) >= 11 is 11.4. The largest absolute Gasteiger partial charge is 0.493 e. The van der Waals surface area contributed by atoms with Crippen molar-refractivity contribution < 1.29 is 14.2 Å². The molecule has 2 aromatic rings. The van der Waals surface area contributed by atoms with Crippen LogP contribution in [0.3, 0.4) is 0 Å². The van der Waals surface area contributed by atoms with Gasteiger partial charge in [-0.3, -0.25) is 0 Å². The summed E-state index contributed by atoms with van der Waals surface area (Å²) in [7, 11) is 4.73. The Morgan fingerprint density at radius 1 is 1.04 bits per heavy atom. The highest BCUT2D eigenvalue weighted by Gasteiger charge is 2.13. The Morgan fingerprint density at radius 2 is 1.67 bits per heavy atom. The van der Waals surface area contributed by atoms with Crippen LogP contribution in [0.1, 0.15) is 5.56 Å². The van der Waals surface area contributed by atoms with Crippen molar-refractivity contribution in [2.24, 2.45) is 0 Å². The van der Waals surface area contributed by atoms with E-state index in [0.29, 0.717) is 33.9 Å². The molecule has 5 nitrogen and oxygen atoms in total. The standard InChI is InChI=1S/C17H19ClN2O3S/c1-21-14-8-11(9-15(22-2)16(14)23-3)10-19-17(24)20-13-7-5-4-6-12(13)18/h4-9H,10H2,1-3H3,(H2,19,20,24). The van der Waals surface area contributed by atoms with Gasteiger partial charge < -0.3 is 24.8 Å². The van der Waals surface area contributed by atoms with Gasteiger partial charge in [-0.1, -0.05) is 23.7 Å². The molecule has 0 bridgehead atoms. The van der Waals surface area contributed by atoms with Crippen LogP contribution in [-0.4, -0.2) is 26.4 Å². The summed E-state index contributed by atoms with van der Waals surface area (Å²) in [4.78, 5) is 0. The maximum Gasteiger partial charge on any atom is 0.203 e. The van der Waals surface area contributed by atoms with E-state index in [4.69, 9.17) is 38.0 Å². The van der Waals surface area contributed by atoms with Gasteiger partial charge in [0, 0.05) is 6.54 Å². The highest BCUT2D eigenvalue weighted by molar-refractivity contribution is 7.80. The minimum Gasteiger partial charge on any atom is -0.493 e. The first-order valence-electron chi connectivity index (χ1n) is 7.17. The highest BCUT2D eigenvalue weighted by Crippen LogP contribution is 2.38. The molecular formula is C17H19ClN2O3S. The molecule has 0 saturated heterocycles. The van der Waals surface area contributed by atoms with Crippen LogP contribution >= 0.6 is 23.8 Å². The van der Waals surface area contributed by atoms with Crippen LogP contribution in [0, 0.1) is 0 Å². The molecule has 7 heteroatoms. The molecule has 0 atom stereocenters. The van der Waals surface area contributed by atoms with Crippen molar-refractivity contribution >= 4 is 34.6 Å². The number of benzene rings is 2. The minimum absolute atomic E-state index is 0.469. The number of thiocarbonyl (C=S) groups is 1. The van der Waals surface area contributed by atoms with Gasteiger partial charge in [0.25, 0.3) is 0 Å². The molecule has 0 amide bonds. The Bertz CT molecular complexity index is 700. The third-order valence-corrected chi connectivity index (χ3v) is 3.88. The molecule has 0 heterocycles. The molecule has 0 aliphatic rings. The van der Waals surface area contributed by atoms with Crippen molar-refractivity contribution in [1.29, 1.82) is 0 Å². The first kappa shape index (κ1) is 18.2. The molecule has 0 saturated carbocycles. The van der Waals surface area contributed by atoms with E-state index in [0.717, 1.165) is 11.3 Å². The molecular weight excluding hydrogens is 348 g/mol. The molecule has 0 fully saturated rings. The van der Waals surface area contributed by atoms with Crippen LogP contribution in [0.5, 0.6) is 17.2 Å². The van der Waals surface area contributed by atoms with E-state index in [2.05, 4.69) is 10.6 Å². The van der Waals surface area contributed by atoms with Crippen molar-refractivity contribution in [3.05, 3.63) is 47.0 Å². The SMILES string of the molecule is COc1cc(CNC(=S)Nc2ccccc2Cl)cc(OC)c1OC. The predicted octanol–water partition coefficient (Wildman–Crippen LogP) is 3.85. The number of rotatable bonds is 6. The van der Waals surface area contributed by atoms with Crippen molar-refractivity contribution in [3.63, 3.8) is 0 Å². The van der Waals surface area contributed by atoms with Crippen LogP contribution in [0.25, 0.3) is 0 Å². The van der Waals surface area contributed by atoms with E-state index in [1.165, 1.54) is 0 Å². The summed E-state index contributed by atoms with van der Waals surface area (Å²) in [5.74, 6) is 1.75. The average molecular weight is 367 g/mol. The number of methoxy groups -OCH3 is 3. The molecule has 2 rings (SSSR count). The number of halogens is 1. The molecule has 24 heavy (non-hydrogen) atoms. The monoisotopic (exact) mass is 366 g/mol. The maximum atomic E-state index is 6.10. The zero-order valence-electron chi connectivity index (χ0n) is 13.7. The van der Waals surface area contributed by atoms with E-state index >= 15 is 0 Å². The van der Waals surface area contributed by atoms with Gasteiger partial charge in [-0.2, -0.15) is 0 Å². The third-order valence-electron chi connectivity index (χ3n) is 3.30. The Hall–Kier alpha value is -2.18. The minimum atomic E-state index is 0.469. The fraction of sp³-hybridized carbons (Fsp3) is 0.235. The van der Waals surface area contributed by atoms with Crippen molar-refractivity contribution in [2.75, 3.05) is 26.6 Å². The number of ether oxygens (including phenoxy) is 3. The number of para-hydroxylation sites is 1. The fourth-order valence-corrected chi connectivity index (χ4v) is 2.51. The third kappa shape index (κ3) is 4.43. The normalized spacial score (nSPS) is 10.0. The van der Waals surface area contributed by atoms with Gasteiger partial charge in [0.2, 0.25) is 5.75 Å². The molecule has 128 valence electrons. The van der Waals surface area contributed by atoms with Crippen LogP contribution in [0.4, 0.5) is 5.69 Å². The van der Waals surface area contributed by atoms with Gasteiger partial charge in [-0.25, -0.2) is 0 Å². The van der Waals surface area contributed by atoms with E-state index in [1.54, 1.807) is 27.4 Å². The van der Waals surface area contributed by atoms with E-state index < -0.39 is 0 Å². The van der Waals surface area contributed by atoms with Crippen LogP contribution in [0.15, 0.2) is 36.4 Å². The smallest absolute Gasteiger partial charge is 0.203 e. The van der Waals surface area contributed by atoms with Gasteiger partial charge in [-0.15, -0.1) is 0 Å². The zero-order chi connectivity index (χ0) is 17.5. The molecule has 0 spiro atoms. The van der Waals surface area contributed by atoms with Gasteiger partial charge in [0.05, 0.1) is 32.0 Å². The second-order valence-corrected chi connectivity index (χ2v) is 5.64. The Kier molecular flexibility index (Phi) is 6.52. The van der Waals surface area contributed by atoms with E-state index in [1.807, 2.05) is 30.3 Å². The average Bonchev–Trinajstić information content (AvgIpc) is 2.60. The quantitative estimate of drug-likeness (QED) is 0.757. The number of hydrogen-bond donors (Lipinski definition) is 2. The van der Waals surface area contributed by atoms with Gasteiger partial charge in [0.1, 0.15) is 0 Å². The first-order chi connectivity index (χ1) is 11.6. The summed E-state index contributed by atoms with van der Waals surface area (Å²) in [6, 6.07) is 11.1. The lowest BCUT2D eigenvalue weighted by Gasteiger charge is -2.15. The maximum absolute atomic E-state index is 6.10. The first-order valence-corrected chi connectivity index (χ1v) is 7.96. The highest BCUT2D eigenvalue weighted by atomic mass is 35.5. The lowest BCUT2D eigenvalue weighted by atomic mass is 10.2. The van der Waals surface area contributed by atoms with Gasteiger partial charge in [-0.05, 0) is 42.0 Å². The topological polar surface area (TPSA) is 51.8 Å². The second-order valence-electron chi connectivity index (χ2n) is 4.82. The Morgan fingerprint density at radius 3 is 2.21 bits per heavy atom. The van der Waals surface area contributed by atoms with Crippen LogP contribution in [-0.2, 0) is 6.54 Å². The Labute approximate surface area is 151 Å². The molecule has 2 aromatic carbocycles. The number of nitrogens with one attached hydrogen (secondary N) is 2. The van der Waals surface area contributed by atoms with E-state index in [9.17, 15) is 0 Å². The van der Waals surface area contributed by atoms with Gasteiger partial charge >= 0.3 is 0 Å². The molecule has 0 aliphatic carbocycles. The number of anilines is 1. The Balaban J connectivity index is 2.06. The number of hydrogen-bond acceptors (Lipinski definition) is 4. The molecule has 0 aliphatic heterocycles. The zero-order valence-corrected chi connectivity index (χ0v) is 15.3. The summed E-state index contributed by atoms with van der Waals surface area (Å²) in [5, 5.41) is 7.26. The summed E-state index contributed by atoms with van der Waals surface area (Å²) in [6.45, 7) is 0.493. The summed E-state index contributed by atoms with van der Waals surface area (Å²) < 4.78 is 16.0. The van der Waals surface area contributed by atoms with Gasteiger partial charge in [0.15, 0.2) is 16.6 Å². The lowest BCUT2D eigenvalue weighted by molar-refractivity contribution is 0.323. The molecule has 0 radical (unpaired) electrons. The van der Waals surface area contributed by atoms with Crippen molar-refractivity contribution in [3.8, 4) is 17.2 Å². The predicted molar refractivity (Wildman–Crippen MR) is 101 cm³/mol. The van der Waals surface area contributed by atoms with Crippen molar-refractivity contribution in [2.45, 2.75) is 6.54 Å². The summed E-state index contributed by atoms with van der Waals surface area (Å²) in [6.07, 6.45) is 0. The summed E-state index contributed by atoms with van der Waals surface area (Å²) in [5.41, 5.74) is 1.69. The van der Waals surface area contributed by atoms with E-state index in [-0.39, 0.29) is 0 Å². The van der Waals surface area contributed by atoms with Crippen LogP contribution in [0.2, 0.25) is 5.02 Å². The van der Waals surface area contributed by atoms with Crippen molar-refractivity contribution in [1.82, 2.24) is 5.32 Å². The second kappa shape index (κ2) is 8.61. The molecule has 0 aromatic heterocycles. The fourth-order valence-electron chi connectivity index (χ4n) is 2.15. The van der Waals surface area contributed by atoms with Crippen LogP contribution < -0.4 is 24.8 Å². The molecule has 2 N–H and O–H groups in total. The lowest BCUT2D eigenvalue weighted by Crippen LogP contribution is -2.28.